The number of anilines is 2. The topological polar surface area (TPSA) is 122 Å². The second-order valence-corrected chi connectivity index (χ2v) is 7.02. The Bertz CT molecular complexity index is 1100. The molecule has 1 saturated heterocycles. The molecule has 1 aromatic heterocycles. The van der Waals surface area contributed by atoms with E-state index in [0.717, 1.165) is 31.6 Å². The van der Waals surface area contributed by atoms with Crippen LogP contribution in [0.1, 0.15) is 27.3 Å². The van der Waals surface area contributed by atoms with Gasteiger partial charge in [-0.15, -0.1) is 0 Å². The van der Waals surface area contributed by atoms with Gasteiger partial charge in [0.2, 0.25) is 11.8 Å². The van der Waals surface area contributed by atoms with Gasteiger partial charge in [0.25, 0.3) is 11.8 Å². The first kappa shape index (κ1) is 20.5. The fraction of sp³-hybridized carbons (Fsp3) is 0.190. The van der Waals surface area contributed by atoms with E-state index in [-0.39, 0.29) is 23.5 Å². The van der Waals surface area contributed by atoms with Gasteiger partial charge < -0.3 is 26.1 Å². The Morgan fingerprint density at radius 1 is 1.13 bits per heavy atom. The third-order valence-corrected chi connectivity index (χ3v) is 4.84. The minimum Gasteiger partial charge on any atom is -0.419 e. The fourth-order valence-electron chi connectivity index (χ4n) is 3.26. The molecule has 1 fully saturated rings. The molecule has 1 aliphatic heterocycles. The zero-order valence-electron chi connectivity index (χ0n) is 16.2. The Morgan fingerprint density at radius 2 is 1.84 bits per heavy atom. The number of hydrogen-bond donors (Lipinski definition) is 4. The lowest BCUT2D eigenvalue weighted by atomic mass is 10.1. The number of primary amides is 1. The lowest BCUT2D eigenvalue weighted by Gasteiger charge is -2.11. The number of halogens is 2. The van der Waals surface area contributed by atoms with E-state index in [0.29, 0.717) is 11.3 Å². The number of hydrogen-bond acceptors (Lipinski definition) is 6. The molecule has 8 nitrogen and oxygen atoms in total. The van der Waals surface area contributed by atoms with Gasteiger partial charge in [0.05, 0.1) is 0 Å². The number of nitrogens with two attached hydrogens (primary N) is 1. The van der Waals surface area contributed by atoms with Crippen molar-refractivity contribution >= 4 is 23.4 Å². The third-order valence-electron chi connectivity index (χ3n) is 4.84. The van der Waals surface area contributed by atoms with Crippen LogP contribution in [0.5, 0.6) is 0 Å². The van der Waals surface area contributed by atoms with Crippen LogP contribution in [-0.2, 0) is 0 Å². The summed E-state index contributed by atoms with van der Waals surface area (Å²) < 4.78 is 33.5. The summed E-state index contributed by atoms with van der Waals surface area (Å²) in [6.07, 6.45) is 0.873. The highest BCUT2D eigenvalue weighted by molar-refractivity contribution is 5.97. The van der Waals surface area contributed by atoms with Crippen LogP contribution in [0.25, 0.3) is 11.5 Å². The van der Waals surface area contributed by atoms with E-state index in [9.17, 15) is 18.4 Å². The standard InChI is InChI=1S/C21H19F2N5O3/c22-14-2-1-3-15(23)16(14)20-28-17(18(24)29)21(31-20)27-12-6-4-11(5-7-12)19(30)26-13-8-9-25-10-13/h1-7,13,25,27H,8-10H2,(H2,24,29)(H,26,30). The Hall–Kier alpha value is -3.79. The van der Waals surface area contributed by atoms with Crippen LogP contribution in [-0.4, -0.2) is 35.9 Å². The van der Waals surface area contributed by atoms with Crippen LogP contribution in [0.15, 0.2) is 46.9 Å². The van der Waals surface area contributed by atoms with Gasteiger partial charge in [0, 0.05) is 23.8 Å². The molecule has 0 radical (unpaired) electrons. The number of carbonyl (C=O) groups is 2. The van der Waals surface area contributed by atoms with Crippen molar-refractivity contribution in [2.45, 2.75) is 12.5 Å². The molecule has 2 heterocycles. The second kappa shape index (κ2) is 8.52. The molecule has 2 aromatic carbocycles. The van der Waals surface area contributed by atoms with Crippen LogP contribution in [0.3, 0.4) is 0 Å². The number of amides is 2. The molecular weight excluding hydrogens is 408 g/mol. The molecule has 1 unspecified atom stereocenters. The SMILES string of the molecule is NC(=O)c1nc(-c2c(F)cccc2F)oc1Nc1ccc(C(=O)NC2CCNC2)cc1. The number of nitrogens with zero attached hydrogens (tertiary/aromatic N) is 1. The normalized spacial score (nSPS) is 15.6. The molecule has 3 aromatic rings. The van der Waals surface area contributed by atoms with E-state index in [1.165, 1.54) is 6.07 Å². The molecule has 160 valence electrons. The van der Waals surface area contributed by atoms with Gasteiger partial charge in [0.1, 0.15) is 17.2 Å². The molecule has 0 saturated carbocycles. The average Bonchev–Trinajstić information content (AvgIpc) is 3.38. The van der Waals surface area contributed by atoms with Crippen molar-refractivity contribution in [2.75, 3.05) is 18.4 Å². The molecule has 5 N–H and O–H groups in total. The predicted octanol–water partition coefficient (Wildman–Crippen LogP) is 2.55. The lowest BCUT2D eigenvalue weighted by Crippen LogP contribution is -2.36. The summed E-state index contributed by atoms with van der Waals surface area (Å²) in [4.78, 5) is 27.9. The first-order valence-electron chi connectivity index (χ1n) is 9.56. The van der Waals surface area contributed by atoms with Gasteiger partial charge in [-0.1, -0.05) is 6.07 Å². The summed E-state index contributed by atoms with van der Waals surface area (Å²) in [5.41, 5.74) is 5.43. The zero-order chi connectivity index (χ0) is 22.0. The number of benzene rings is 2. The van der Waals surface area contributed by atoms with Gasteiger partial charge in [-0.3, -0.25) is 9.59 Å². The Morgan fingerprint density at radius 3 is 2.45 bits per heavy atom. The van der Waals surface area contributed by atoms with Crippen molar-refractivity contribution < 1.29 is 22.8 Å². The Labute approximate surface area is 175 Å². The Balaban J connectivity index is 1.55. The van der Waals surface area contributed by atoms with Crippen molar-refractivity contribution in [3.05, 3.63) is 65.4 Å². The smallest absolute Gasteiger partial charge is 0.273 e. The average molecular weight is 427 g/mol. The van der Waals surface area contributed by atoms with Crippen molar-refractivity contribution in [1.82, 2.24) is 15.6 Å². The van der Waals surface area contributed by atoms with Crippen LogP contribution in [0, 0.1) is 11.6 Å². The summed E-state index contributed by atoms with van der Waals surface area (Å²) in [7, 11) is 0. The lowest BCUT2D eigenvalue weighted by molar-refractivity contribution is 0.0939. The number of nitrogens with one attached hydrogen (secondary N) is 3. The molecule has 0 aliphatic carbocycles. The third kappa shape index (κ3) is 4.38. The van der Waals surface area contributed by atoms with Crippen LogP contribution in [0.2, 0.25) is 0 Å². The minimum absolute atomic E-state index is 0.0924. The summed E-state index contributed by atoms with van der Waals surface area (Å²) >= 11 is 0. The van der Waals surface area contributed by atoms with Gasteiger partial charge >= 0.3 is 0 Å². The zero-order valence-corrected chi connectivity index (χ0v) is 16.2. The maximum Gasteiger partial charge on any atom is 0.273 e. The molecule has 1 atom stereocenters. The van der Waals surface area contributed by atoms with Crippen molar-refractivity contribution in [1.29, 1.82) is 0 Å². The second-order valence-electron chi connectivity index (χ2n) is 7.02. The largest absolute Gasteiger partial charge is 0.419 e. The highest BCUT2D eigenvalue weighted by Gasteiger charge is 2.23. The van der Waals surface area contributed by atoms with Gasteiger partial charge in [0.15, 0.2) is 5.69 Å². The molecule has 10 heteroatoms. The van der Waals surface area contributed by atoms with Crippen LogP contribution < -0.4 is 21.7 Å². The van der Waals surface area contributed by atoms with Crippen LogP contribution in [0.4, 0.5) is 20.4 Å². The number of carbonyl (C=O) groups excluding carboxylic acids is 2. The van der Waals surface area contributed by atoms with E-state index in [1.54, 1.807) is 24.3 Å². The molecule has 4 rings (SSSR count). The van der Waals surface area contributed by atoms with E-state index in [2.05, 4.69) is 20.9 Å². The molecular formula is C21H19F2N5O3. The van der Waals surface area contributed by atoms with Crippen molar-refractivity contribution in [3.63, 3.8) is 0 Å². The number of aromatic nitrogens is 1. The van der Waals surface area contributed by atoms with Gasteiger partial charge in [-0.05, 0) is 49.4 Å². The first-order chi connectivity index (χ1) is 14.9. The van der Waals surface area contributed by atoms with E-state index in [4.69, 9.17) is 10.2 Å². The van der Waals surface area contributed by atoms with E-state index >= 15 is 0 Å². The summed E-state index contributed by atoms with van der Waals surface area (Å²) in [6.45, 7) is 1.60. The highest BCUT2D eigenvalue weighted by Crippen LogP contribution is 2.31. The number of oxazole rings is 1. The summed E-state index contributed by atoms with van der Waals surface area (Å²) in [5, 5.41) is 8.92. The van der Waals surface area contributed by atoms with Gasteiger partial charge in [-0.25, -0.2) is 13.8 Å². The first-order valence-corrected chi connectivity index (χ1v) is 9.56. The maximum atomic E-state index is 14.1. The fourth-order valence-corrected chi connectivity index (χ4v) is 3.26. The monoisotopic (exact) mass is 427 g/mol. The molecule has 1 aliphatic rings. The Kier molecular flexibility index (Phi) is 5.63. The summed E-state index contributed by atoms with van der Waals surface area (Å²) in [5.74, 6) is -3.51. The quantitative estimate of drug-likeness (QED) is 0.480. The van der Waals surface area contributed by atoms with E-state index in [1.807, 2.05) is 0 Å². The molecule has 0 spiro atoms. The predicted molar refractivity (Wildman–Crippen MR) is 109 cm³/mol. The van der Waals surface area contributed by atoms with Crippen LogP contribution >= 0.6 is 0 Å². The molecule has 31 heavy (non-hydrogen) atoms. The minimum atomic E-state index is -0.935. The molecule has 0 bridgehead atoms. The van der Waals surface area contributed by atoms with E-state index < -0.39 is 29.0 Å². The number of rotatable bonds is 6. The highest BCUT2D eigenvalue weighted by atomic mass is 19.1. The van der Waals surface area contributed by atoms with Crippen molar-refractivity contribution in [3.8, 4) is 11.5 Å². The maximum absolute atomic E-state index is 14.1. The van der Waals surface area contributed by atoms with Gasteiger partial charge in [-0.2, -0.15) is 0 Å². The molecule has 2 amide bonds. The van der Waals surface area contributed by atoms with Crippen molar-refractivity contribution in [2.24, 2.45) is 5.73 Å². The summed E-state index contributed by atoms with van der Waals surface area (Å²) in [6, 6.07) is 9.77.